The van der Waals surface area contributed by atoms with Crippen LogP contribution in [0.25, 0.3) is 0 Å². The first kappa shape index (κ1) is 22.3. The summed E-state index contributed by atoms with van der Waals surface area (Å²) >= 11 is 0. The molecule has 0 aliphatic heterocycles. The third-order valence-electron chi connectivity index (χ3n) is 3.88. The monoisotopic (exact) mass is 410 g/mol. The number of methoxy groups -OCH3 is 1. The Bertz CT molecular complexity index is 795. The van der Waals surface area contributed by atoms with E-state index in [1.807, 2.05) is 43.1 Å². The molecule has 0 atom stereocenters. The molecule has 0 fully saturated rings. The number of guanidine groups is 1. The van der Waals surface area contributed by atoms with Crippen LogP contribution >= 0.6 is 0 Å². The van der Waals surface area contributed by atoms with E-state index in [1.54, 1.807) is 7.11 Å². The van der Waals surface area contributed by atoms with Crippen LogP contribution in [0.5, 0.6) is 5.75 Å². The van der Waals surface area contributed by atoms with Gasteiger partial charge in [-0.3, -0.25) is 4.99 Å². The van der Waals surface area contributed by atoms with Gasteiger partial charge in [-0.2, -0.15) is 13.2 Å². The average molecular weight is 410 g/mol. The van der Waals surface area contributed by atoms with Crippen molar-refractivity contribution in [3.63, 3.8) is 0 Å². The Labute approximate surface area is 168 Å². The lowest BCUT2D eigenvalue weighted by atomic mass is 10.2. The molecular weight excluding hydrogens is 385 g/mol. The van der Waals surface area contributed by atoms with Crippen molar-refractivity contribution in [1.29, 1.82) is 0 Å². The highest BCUT2D eigenvalue weighted by atomic mass is 19.4. The van der Waals surface area contributed by atoms with E-state index in [4.69, 9.17) is 4.74 Å². The first-order valence-electron chi connectivity index (χ1n) is 9.10. The van der Waals surface area contributed by atoms with Crippen LogP contribution in [-0.2, 0) is 12.7 Å². The lowest BCUT2D eigenvalue weighted by Gasteiger charge is -2.22. The normalized spacial score (nSPS) is 11.9. The van der Waals surface area contributed by atoms with Crippen LogP contribution in [0.4, 0.5) is 19.1 Å². The summed E-state index contributed by atoms with van der Waals surface area (Å²) in [6.07, 6.45) is -3.42. The van der Waals surface area contributed by atoms with Crippen LogP contribution in [0.1, 0.15) is 18.2 Å². The molecule has 0 amide bonds. The van der Waals surface area contributed by atoms with Gasteiger partial charge in [0, 0.05) is 32.9 Å². The molecule has 2 rings (SSSR count). The molecule has 1 aromatic heterocycles. The fourth-order valence-electron chi connectivity index (χ4n) is 2.48. The Kier molecular flexibility index (Phi) is 8.05. The molecule has 10 heteroatoms. The summed E-state index contributed by atoms with van der Waals surface area (Å²) in [6.45, 7) is 3.93. The molecule has 2 aromatic rings. The number of nitrogens with zero attached hydrogens (tertiary/aromatic N) is 4. The second kappa shape index (κ2) is 10.5. The highest BCUT2D eigenvalue weighted by Gasteiger charge is 2.32. The van der Waals surface area contributed by atoms with Crippen molar-refractivity contribution in [3.05, 3.63) is 47.8 Å². The van der Waals surface area contributed by atoms with Gasteiger partial charge in [-0.25, -0.2) is 9.97 Å². The number of benzene rings is 1. The zero-order valence-electron chi connectivity index (χ0n) is 16.6. The minimum Gasteiger partial charge on any atom is -0.497 e. The molecule has 2 N–H and O–H groups in total. The first-order chi connectivity index (χ1) is 13.8. The number of alkyl halides is 3. The maximum atomic E-state index is 12.7. The zero-order chi connectivity index (χ0) is 21.3. The summed E-state index contributed by atoms with van der Waals surface area (Å²) in [7, 11) is 3.53. The molecule has 158 valence electrons. The number of aliphatic imine (C=N–C) groups is 1. The molecule has 0 bridgehead atoms. The number of aromatic nitrogens is 2. The quantitative estimate of drug-likeness (QED) is 0.396. The lowest BCUT2D eigenvalue weighted by Crippen LogP contribution is -2.38. The topological polar surface area (TPSA) is 74.7 Å². The number of nitrogens with one attached hydrogen (secondary N) is 2. The van der Waals surface area contributed by atoms with Crippen LogP contribution in [0, 0.1) is 0 Å². The number of anilines is 1. The van der Waals surface area contributed by atoms with E-state index < -0.39 is 11.9 Å². The number of ether oxygens (including phenoxy) is 1. The molecule has 0 unspecified atom stereocenters. The number of rotatable bonds is 8. The molecular formula is C19H25F3N6O. The third-order valence-corrected chi connectivity index (χ3v) is 3.88. The van der Waals surface area contributed by atoms with Crippen molar-refractivity contribution in [2.45, 2.75) is 19.6 Å². The van der Waals surface area contributed by atoms with E-state index in [-0.39, 0.29) is 5.95 Å². The number of halogens is 3. The maximum Gasteiger partial charge on any atom is 0.433 e. The van der Waals surface area contributed by atoms with Gasteiger partial charge in [-0.1, -0.05) is 12.1 Å². The Morgan fingerprint density at radius 1 is 1.21 bits per heavy atom. The predicted molar refractivity (Wildman–Crippen MR) is 106 cm³/mol. The summed E-state index contributed by atoms with van der Waals surface area (Å²) < 4.78 is 43.2. The van der Waals surface area contributed by atoms with Gasteiger partial charge in [0.2, 0.25) is 5.95 Å². The van der Waals surface area contributed by atoms with E-state index in [0.29, 0.717) is 32.1 Å². The summed E-state index contributed by atoms with van der Waals surface area (Å²) in [5, 5.41) is 5.96. The van der Waals surface area contributed by atoms with Crippen LogP contribution in [0.3, 0.4) is 0 Å². The summed E-state index contributed by atoms with van der Waals surface area (Å²) in [6, 6.07) is 8.58. The highest BCUT2D eigenvalue weighted by Crippen LogP contribution is 2.27. The van der Waals surface area contributed by atoms with Crippen molar-refractivity contribution in [2.75, 3.05) is 39.1 Å². The van der Waals surface area contributed by atoms with Crippen molar-refractivity contribution in [3.8, 4) is 5.75 Å². The SMILES string of the molecule is CCNC(=NCCNc1nccc(C(F)(F)F)n1)N(C)Cc1ccc(OC)cc1. The van der Waals surface area contributed by atoms with Gasteiger partial charge < -0.3 is 20.3 Å². The van der Waals surface area contributed by atoms with Gasteiger partial charge >= 0.3 is 6.18 Å². The summed E-state index contributed by atoms with van der Waals surface area (Å²) in [5.74, 6) is 1.40. The smallest absolute Gasteiger partial charge is 0.433 e. The number of hydrogen-bond donors (Lipinski definition) is 2. The number of hydrogen-bond acceptors (Lipinski definition) is 5. The van der Waals surface area contributed by atoms with Crippen LogP contribution in [0.15, 0.2) is 41.5 Å². The van der Waals surface area contributed by atoms with Crippen molar-refractivity contribution < 1.29 is 17.9 Å². The molecule has 0 spiro atoms. The Morgan fingerprint density at radius 2 is 1.93 bits per heavy atom. The maximum absolute atomic E-state index is 12.7. The van der Waals surface area contributed by atoms with E-state index >= 15 is 0 Å². The van der Waals surface area contributed by atoms with Gasteiger partial charge in [0.15, 0.2) is 5.96 Å². The van der Waals surface area contributed by atoms with Gasteiger partial charge in [0.1, 0.15) is 11.4 Å². The fraction of sp³-hybridized carbons (Fsp3) is 0.421. The lowest BCUT2D eigenvalue weighted by molar-refractivity contribution is -0.141. The second-order valence-corrected chi connectivity index (χ2v) is 6.13. The van der Waals surface area contributed by atoms with Crippen molar-refractivity contribution in [2.24, 2.45) is 4.99 Å². The van der Waals surface area contributed by atoms with E-state index in [1.165, 1.54) is 0 Å². The van der Waals surface area contributed by atoms with Crippen LogP contribution in [0.2, 0.25) is 0 Å². The Balaban J connectivity index is 1.92. The molecule has 0 radical (unpaired) electrons. The second-order valence-electron chi connectivity index (χ2n) is 6.13. The van der Waals surface area contributed by atoms with Gasteiger partial charge in [0.25, 0.3) is 0 Å². The molecule has 0 aliphatic carbocycles. The standard InChI is InChI=1S/C19H25F3N6O/c1-4-23-18(28(2)13-14-5-7-15(29-3)8-6-14)26-12-11-25-17-24-10-9-16(27-17)19(20,21)22/h5-10H,4,11-13H2,1-3H3,(H,23,26)(H,24,25,27). The minimum atomic E-state index is -4.50. The van der Waals surface area contributed by atoms with Gasteiger partial charge in [0.05, 0.1) is 13.7 Å². The molecule has 0 aliphatic rings. The fourth-order valence-corrected chi connectivity index (χ4v) is 2.48. The van der Waals surface area contributed by atoms with E-state index in [0.717, 1.165) is 23.6 Å². The first-order valence-corrected chi connectivity index (χ1v) is 9.10. The summed E-state index contributed by atoms with van der Waals surface area (Å²) in [5.41, 5.74) is 0.112. The zero-order valence-corrected chi connectivity index (χ0v) is 16.6. The van der Waals surface area contributed by atoms with Crippen LogP contribution in [-0.4, -0.2) is 54.6 Å². The third kappa shape index (κ3) is 7.13. The summed E-state index contributed by atoms with van der Waals surface area (Å²) in [4.78, 5) is 13.7. The minimum absolute atomic E-state index is 0.0772. The Morgan fingerprint density at radius 3 is 2.55 bits per heavy atom. The van der Waals surface area contributed by atoms with Crippen molar-refractivity contribution >= 4 is 11.9 Å². The molecule has 29 heavy (non-hydrogen) atoms. The average Bonchev–Trinajstić information content (AvgIpc) is 2.70. The van der Waals surface area contributed by atoms with Crippen LogP contribution < -0.4 is 15.4 Å². The van der Waals surface area contributed by atoms with Gasteiger partial charge in [-0.05, 0) is 30.7 Å². The molecule has 0 saturated heterocycles. The Hall–Kier alpha value is -3.04. The molecule has 1 heterocycles. The predicted octanol–water partition coefficient (Wildman–Crippen LogP) is 3.01. The molecule has 0 saturated carbocycles. The highest BCUT2D eigenvalue weighted by molar-refractivity contribution is 5.79. The molecule has 7 nitrogen and oxygen atoms in total. The van der Waals surface area contributed by atoms with Gasteiger partial charge in [-0.15, -0.1) is 0 Å². The largest absolute Gasteiger partial charge is 0.497 e. The van der Waals surface area contributed by atoms with E-state index in [9.17, 15) is 13.2 Å². The van der Waals surface area contributed by atoms with E-state index in [2.05, 4.69) is 25.6 Å². The van der Waals surface area contributed by atoms with Crippen molar-refractivity contribution in [1.82, 2.24) is 20.2 Å². The molecule has 1 aromatic carbocycles.